The highest BCUT2D eigenvalue weighted by molar-refractivity contribution is 7.16. The lowest BCUT2D eigenvalue weighted by Gasteiger charge is -2.23. The molecule has 9 nitrogen and oxygen atoms in total. The van der Waals surface area contributed by atoms with Crippen LogP contribution >= 0.6 is 80.9 Å². The van der Waals surface area contributed by atoms with E-state index in [0.717, 1.165) is 39.2 Å². The fraction of sp³-hybridized carbons (Fsp3) is 0.350. The van der Waals surface area contributed by atoms with Crippen LogP contribution in [0.25, 0.3) is 0 Å². The van der Waals surface area contributed by atoms with E-state index in [2.05, 4.69) is 15.6 Å². The number of fused-ring (bicyclic) bond motifs is 1. The van der Waals surface area contributed by atoms with Crippen molar-refractivity contribution in [3.8, 4) is 0 Å². The normalized spacial score (nSPS) is 20.4. The molecule has 2 N–H and O–H groups in total. The van der Waals surface area contributed by atoms with Crippen molar-refractivity contribution in [3.63, 3.8) is 0 Å². The monoisotopic (exact) mass is 963 g/mol. The highest BCUT2D eigenvalue weighted by atomic mass is 35.5. The summed E-state index contributed by atoms with van der Waals surface area (Å²) in [6.07, 6.45) is -5.39. The van der Waals surface area contributed by atoms with Crippen LogP contribution in [-0.4, -0.2) is 48.0 Å². The lowest BCUT2D eigenvalue weighted by Crippen LogP contribution is -2.29. The topological polar surface area (TPSA) is 119 Å². The number of ketones is 1. The van der Waals surface area contributed by atoms with Crippen LogP contribution in [0.2, 0.25) is 30.1 Å². The number of hydrogen-bond donors (Lipinski definition) is 2. The standard InChI is InChI=1S/C21H18Cl3F3N2O3S.C19H17BCl3NO3/c1-10-5-16(33-18(10)19(31)28-9-12(30)3-4-21(25,26)27)15-8-20(2,32-29-15)11-6-13(22)17(24)14(23)7-11;1-18(2)12-6-10(4-5-13(12)20(25)26-18)16-9-19(3,27-24-16)11-7-14(21)17(23)15(22)8-11/h5-7H,3-4,8-9H2,1-2H3,(H,28,31);4-8,25H,9H2,1-3H3. The molecular formula is C40H35BCl6F3N3O6S. The van der Waals surface area contributed by atoms with Crippen molar-refractivity contribution in [2.45, 2.75) is 83.3 Å². The molecule has 4 heterocycles. The zero-order chi connectivity index (χ0) is 44.1. The Bertz CT molecular complexity index is 2400. The van der Waals surface area contributed by atoms with Crippen LogP contribution < -0.4 is 10.8 Å². The summed E-state index contributed by atoms with van der Waals surface area (Å²) >= 11 is 37.8. The van der Waals surface area contributed by atoms with Gasteiger partial charge >= 0.3 is 13.3 Å². The molecular weight excluding hydrogens is 931 g/mol. The third kappa shape index (κ3) is 10.1. The number of aryl methyl sites for hydroxylation is 1. The predicted molar refractivity (Wildman–Crippen MR) is 232 cm³/mol. The molecule has 1 aromatic heterocycles. The molecule has 4 aromatic rings. The average Bonchev–Trinajstić information content (AvgIpc) is 3.94. The van der Waals surface area contributed by atoms with E-state index < -0.39 is 61.2 Å². The van der Waals surface area contributed by atoms with E-state index in [0.29, 0.717) is 54.5 Å². The van der Waals surface area contributed by atoms with E-state index in [1.165, 1.54) is 0 Å². The number of carbonyl (C=O) groups excluding carboxylic acids is 2. The van der Waals surface area contributed by atoms with Gasteiger partial charge in [-0.15, -0.1) is 11.3 Å². The van der Waals surface area contributed by atoms with Gasteiger partial charge in [-0.25, -0.2) is 0 Å². The molecule has 1 amide bonds. The first kappa shape index (κ1) is 46.5. The van der Waals surface area contributed by atoms with Crippen molar-refractivity contribution < 1.29 is 42.1 Å². The molecule has 318 valence electrons. The number of rotatable bonds is 9. The Morgan fingerprint density at radius 3 is 1.88 bits per heavy atom. The van der Waals surface area contributed by atoms with Crippen LogP contribution in [0.15, 0.2) is 58.8 Å². The molecule has 0 saturated carbocycles. The van der Waals surface area contributed by atoms with Gasteiger partial charge in [0.1, 0.15) is 5.71 Å². The first-order valence-electron chi connectivity index (χ1n) is 18.2. The zero-order valence-corrected chi connectivity index (χ0v) is 37.8. The summed E-state index contributed by atoms with van der Waals surface area (Å²) in [5.41, 5.74) is 4.08. The van der Waals surface area contributed by atoms with Gasteiger partial charge in [-0.2, -0.15) is 13.2 Å². The minimum atomic E-state index is -4.42. The quantitative estimate of drug-likeness (QED) is 0.127. The number of nitrogens with one attached hydrogen (secondary N) is 1. The molecule has 2 unspecified atom stereocenters. The van der Waals surface area contributed by atoms with Crippen molar-refractivity contribution in [1.82, 2.24) is 5.32 Å². The Hall–Kier alpha value is -3.05. The summed E-state index contributed by atoms with van der Waals surface area (Å²) in [5.74, 6) is -1.23. The summed E-state index contributed by atoms with van der Waals surface area (Å²) in [5, 5.41) is 22.8. The molecule has 60 heavy (non-hydrogen) atoms. The molecule has 0 fully saturated rings. The number of oxime groups is 2. The Balaban J connectivity index is 0.000000205. The zero-order valence-electron chi connectivity index (χ0n) is 32.4. The van der Waals surface area contributed by atoms with Gasteiger partial charge in [0, 0.05) is 30.4 Å². The number of Topliss-reactive ketones (excluding diaryl/α,β-unsaturated/α-hetero) is 1. The van der Waals surface area contributed by atoms with Gasteiger partial charge < -0.3 is 24.7 Å². The maximum Gasteiger partial charge on any atom is 0.492 e. The smallest absolute Gasteiger partial charge is 0.423 e. The number of thiophene rings is 1. The number of hydrogen-bond acceptors (Lipinski definition) is 9. The summed E-state index contributed by atoms with van der Waals surface area (Å²) < 4.78 is 42.3. The number of nitrogens with zero attached hydrogens (tertiary/aromatic N) is 2. The number of amides is 1. The second kappa shape index (κ2) is 17.6. The molecule has 3 aliphatic heterocycles. The highest BCUT2D eigenvalue weighted by Crippen LogP contribution is 2.43. The number of benzene rings is 3. The largest absolute Gasteiger partial charge is 0.492 e. The van der Waals surface area contributed by atoms with Crippen LogP contribution in [0.4, 0.5) is 13.2 Å². The third-order valence-corrected chi connectivity index (χ3v) is 13.8. The van der Waals surface area contributed by atoms with Gasteiger partial charge in [-0.1, -0.05) is 92.0 Å². The highest BCUT2D eigenvalue weighted by Gasteiger charge is 2.43. The summed E-state index contributed by atoms with van der Waals surface area (Å²) in [4.78, 5) is 36.6. The minimum Gasteiger partial charge on any atom is -0.423 e. The molecule has 3 aliphatic rings. The summed E-state index contributed by atoms with van der Waals surface area (Å²) in [6.45, 7) is 8.86. The molecule has 3 aromatic carbocycles. The average molecular weight is 966 g/mol. The van der Waals surface area contributed by atoms with Crippen molar-refractivity contribution in [2.24, 2.45) is 10.3 Å². The van der Waals surface area contributed by atoms with Crippen molar-refractivity contribution in [2.75, 3.05) is 6.54 Å². The van der Waals surface area contributed by atoms with Crippen LogP contribution in [0.1, 0.15) is 95.7 Å². The van der Waals surface area contributed by atoms with Crippen molar-refractivity contribution >= 4 is 117 Å². The molecule has 2 atom stereocenters. The van der Waals surface area contributed by atoms with Crippen LogP contribution in [0, 0.1) is 6.92 Å². The van der Waals surface area contributed by atoms with Gasteiger partial charge in [-0.3, -0.25) is 9.59 Å². The van der Waals surface area contributed by atoms with Crippen LogP contribution in [-0.2, 0) is 35.9 Å². The van der Waals surface area contributed by atoms with Gasteiger partial charge in [0.25, 0.3) is 5.91 Å². The SMILES string of the molecule is CC1(C)OB(O)c2ccc(C3=NOC(C)(c4cc(Cl)c(Cl)c(Cl)c4)C3)cc21.Cc1cc(C2=NOC(C)(c3cc(Cl)c(Cl)c(Cl)c3)C2)sc1C(=O)NCC(=O)CCC(F)(F)F. The maximum absolute atomic E-state index is 12.5. The van der Waals surface area contributed by atoms with Gasteiger partial charge in [-0.05, 0) is 93.2 Å². The fourth-order valence-corrected chi connectivity index (χ4v) is 9.01. The number of carbonyl (C=O) groups is 2. The third-order valence-electron chi connectivity index (χ3n) is 10.2. The predicted octanol–water partition coefficient (Wildman–Crippen LogP) is 11.3. The van der Waals surface area contributed by atoms with Crippen molar-refractivity contribution in [1.29, 1.82) is 0 Å². The van der Waals surface area contributed by atoms with E-state index in [1.807, 2.05) is 45.9 Å². The van der Waals surface area contributed by atoms with Crippen molar-refractivity contribution in [3.05, 3.63) is 116 Å². The van der Waals surface area contributed by atoms with E-state index in [9.17, 15) is 27.8 Å². The second-order valence-electron chi connectivity index (χ2n) is 15.3. The molecule has 0 bridgehead atoms. The van der Waals surface area contributed by atoms with Gasteiger partial charge in [0.15, 0.2) is 17.0 Å². The Morgan fingerprint density at radius 2 is 1.35 bits per heavy atom. The maximum atomic E-state index is 12.5. The molecule has 0 radical (unpaired) electrons. The lowest BCUT2D eigenvalue weighted by molar-refractivity contribution is -0.142. The molecule has 0 aliphatic carbocycles. The Labute approximate surface area is 378 Å². The van der Waals surface area contributed by atoms with E-state index >= 15 is 0 Å². The molecule has 7 rings (SSSR count). The Kier molecular flexibility index (Phi) is 13.6. The van der Waals surface area contributed by atoms with E-state index in [1.54, 1.807) is 37.3 Å². The lowest BCUT2D eigenvalue weighted by atomic mass is 9.77. The van der Waals surface area contributed by atoms with Crippen LogP contribution in [0.3, 0.4) is 0 Å². The number of halogens is 9. The first-order chi connectivity index (χ1) is 27.9. The van der Waals surface area contributed by atoms with Gasteiger partial charge in [0.05, 0.1) is 64.2 Å². The minimum absolute atomic E-state index is 0.242. The Morgan fingerprint density at radius 1 is 0.833 bits per heavy atom. The number of alkyl halides is 3. The van der Waals surface area contributed by atoms with E-state index in [4.69, 9.17) is 83.9 Å². The summed E-state index contributed by atoms with van der Waals surface area (Å²) in [7, 11) is -0.908. The van der Waals surface area contributed by atoms with Crippen LogP contribution in [0.5, 0.6) is 0 Å². The van der Waals surface area contributed by atoms with E-state index in [-0.39, 0.29) is 15.1 Å². The summed E-state index contributed by atoms with van der Waals surface area (Å²) in [6, 6.07) is 14.4. The molecule has 20 heteroatoms. The molecule has 0 spiro atoms. The second-order valence-corrected chi connectivity index (χ2v) is 18.8. The van der Waals surface area contributed by atoms with Gasteiger partial charge in [0.2, 0.25) is 0 Å². The first-order valence-corrected chi connectivity index (χ1v) is 21.3. The molecule has 0 saturated heterocycles. The fourth-order valence-electron chi connectivity index (χ4n) is 6.75.